The van der Waals surface area contributed by atoms with E-state index >= 15 is 0 Å². The SMILES string of the molecule is CCCc1nc(C(=O)N(C)CCSC)n[nH]1. The largest absolute Gasteiger partial charge is 0.338 e. The number of amides is 1. The molecule has 0 atom stereocenters. The van der Waals surface area contributed by atoms with Gasteiger partial charge in [-0.2, -0.15) is 11.8 Å². The van der Waals surface area contributed by atoms with Gasteiger partial charge in [-0.05, 0) is 12.7 Å². The third kappa shape index (κ3) is 3.52. The number of aromatic nitrogens is 3. The van der Waals surface area contributed by atoms with Gasteiger partial charge in [-0.1, -0.05) is 6.92 Å². The van der Waals surface area contributed by atoms with Crippen molar-refractivity contribution in [2.24, 2.45) is 0 Å². The Labute approximate surface area is 100 Å². The molecule has 0 saturated carbocycles. The van der Waals surface area contributed by atoms with E-state index in [0.29, 0.717) is 0 Å². The van der Waals surface area contributed by atoms with Crippen LogP contribution in [0.1, 0.15) is 29.8 Å². The zero-order valence-electron chi connectivity index (χ0n) is 9.99. The first-order valence-electron chi connectivity index (χ1n) is 5.34. The Morgan fingerprint density at radius 2 is 2.31 bits per heavy atom. The Bertz CT molecular complexity index is 339. The third-order valence-corrected chi connectivity index (χ3v) is 2.78. The number of thioether (sulfide) groups is 1. The van der Waals surface area contributed by atoms with Crippen molar-refractivity contribution in [2.45, 2.75) is 19.8 Å². The topological polar surface area (TPSA) is 61.9 Å². The Kier molecular flexibility index (Phi) is 5.31. The number of hydrogen-bond acceptors (Lipinski definition) is 4. The smallest absolute Gasteiger partial charge is 0.293 e. The van der Waals surface area contributed by atoms with Gasteiger partial charge >= 0.3 is 0 Å². The van der Waals surface area contributed by atoms with Crippen LogP contribution in [-0.2, 0) is 6.42 Å². The summed E-state index contributed by atoms with van der Waals surface area (Å²) in [5, 5.41) is 6.71. The molecule has 16 heavy (non-hydrogen) atoms. The molecule has 1 heterocycles. The Balaban J connectivity index is 2.57. The number of aromatic amines is 1. The summed E-state index contributed by atoms with van der Waals surface area (Å²) in [5.74, 6) is 1.86. The van der Waals surface area contributed by atoms with E-state index in [1.165, 1.54) is 0 Å². The van der Waals surface area contributed by atoms with Crippen LogP contribution in [0.5, 0.6) is 0 Å². The minimum Gasteiger partial charge on any atom is -0.338 e. The molecular weight excluding hydrogens is 224 g/mol. The number of rotatable bonds is 6. The van der Waals surface area contributed by atoms with Gasteiger partial charge in [0.25, 0.3) is 5.91 Å². The minimum atomic E-state index is -0.118. The van der Waals surface area contributed by atoms with E-state index in [0.717, 1.165) is 31.0 Å². The molecule has 1 N–H and O–H groups in total. The van der Waals surface area contributed by atoms with Gasteiger partial charge in [0.1, 0.15) is 5.82 Å². The molecule has 0 radical (unpaired) electrons. The molecule has 5 nitrogen and oxygen atoms in total. The second-order valence-corrected chi connectivity index (χ2v) is 4.56. The lowest BCUT2D eigenvalue weighted by Crippen LogP contribution is -2.29. The number of aryl methyl sites for hydroxylation is 1. The summed E-state index contributed by atoms with van der Waals surface area (Å²) >= 11 is 1.71. The summed E-state index contributed by atoms with van der Waals surface area (Å²) < 4.78 is 0. The van der Waals surface area contributed by atoms with Gasteiger partial charge in [-0.3, -0.25) is 9.89 Å². The molecule has 1 rings (SSSR count). The van der Waals surface area contributed by atoms with Crippen molar-refractivity contribution >= 4 is 17.7 Å². The highest BCUT2D eigenvalue weighted by atomic mass is 32.2. The maximum absolute atomic E-state index is 11.8. The minimum absolute atomic E-state index is 0.118. The predicted molar refractivity (Wildman–Crippen MR) is 65.7 cm³/mol. The van der Waals surface area contributed by atoms with Gasteiger partial charge < -0.3 is 4.90 Å². The van der Waals surface area contributed by atoms with E-state index in [1.807, 2.05) is 6.26 Å². The molecule has 0 aliphatic rings. The van der Waals surface area contributed by atoms with Gasteiger partial charge in [-0.25, -0.2) is 4.98 Å². The number of hydrogen-bond donors (Lipinski definition) is 1. The summed E-state index contributed by atoms with van der Waals surface area (Å²) in [6.45, 7) is 2.78. The van der Waals surface area contributed by atoms with Gasteiger partial charge in [0.15, 0.2) is 0 Å². The van der Waals surface area contributed by atoms with Crippen molar-refractivity contribution in [3.05, 3.63) is 11.6 Å². The van der Waals surface area contributed by atoms with E-state index in [1.54, 1.807) is 23.7 Å². The summed E-state index contributed by atoms with van der Waals surface area (Å²) in [4.78, 5) is 17.7. The molecule has 1 aromatic heterocycles. The predicted octanol–water partition coefficient (Wildman–Crippen LogP) is 1.19. The van der Waals surface area contributed by atoms with Crippen molar-refractivity contribution in [3.63, 3.8) is 0 Å². The van der Waals surface area contributed by atoms with Gasteiger partial charge in [-0.15, -0.1) is 5.10 Å². The lowest BCUT2D eigenvalue weighted by atomic mass is 10.3. The third-order valence-electron chi connectivity index (χ3n) is 2.19. The van der Waals surface area contributed by atoms with E-state index in [-0.39, 0.29) is 11.7 Å². The number of carbonyl (C=O) groups excluding carboxylic acids is 1. The first kappa shape index (κ1) is 13.0. The zero-order chi connectivity index (χ0) is 12.0. The molecule has 0 fully saturated rings. The summed E-state index contributed by atoms with van der Waals surface area (Å²) in [6, 6.07) is 0. The fraction of sp³-hybridized carbons (Fsp3) is 0.700. The second-order valence-electron chi connectivity index (χ2n) is 3.58. The van der Waals surface area contributed by atoms with Crippen molar-refractivity contribution in [2.75, 3.05) is 25.6 Å². The number of carbonyl (C=O) groups is 1. The maximum atomic E-state index is 11.8. The molecule has 1 aromatic rings. The zero-order valence-corrected chi connectivity index (χ0v) is 10.8. The molecule has 0 saturated heterocycles. The van der Waals surface area contributed by atoms with Crippen molar-refractivity contribution in [1.82, 2.24) is 20.1 Å². The Morgan fingerprint density at radius 1 is 1.56 bits per heavy atom. The van der Waals surface area contributed by atoms with Crippen LogP contribution in [0.2, 0.25) is 0 Å². The summed E-state index contributed by atoms with van der Waals surface area (Å²) in [5.41, 5.74) is 0. The van der Waals surface area contributed by atoms with Crippen molar-refractivity contribution in [3.8, 4) is 0 Å². The molecule has 90 valence electrons. The van der Waals surface area contributed by atoms with E-state index in [9.17, 15) is 4.79 Å². The highest BCUT2D eigenvalue weighted by Crippen LogP contribution is 2.01. The Hall–Kier alpha value is -1.04. The van der Waals surface area contributed by atoms with Crippen LogP contribution in [0.15, 0.2) is 0 Å². The second kappa shape index (κ2) is 6.52. The van der Waals surface area contributed by atoms with Crippen LogP contribution in [0.3, 0.4) is 0 Å². The standard InChI is InChI=1S/C10H18N4OS/c1-4-5-8-11-9(13-12-8)10(15)14(2)6-7-16-3/h4-7H2,1-3H3,(H,11,12,13). The lowest BCUT2D eigenvalue weighted by Gasteiger charge is -2.13. The number of nitrogens with zero attached hydrogens (tertiary/aromatic N) is 3. The normalized spacial score (nSPS) is 10.4. The molecule has 0 unspecified atom stereocenters. The van der Waals surface area contributed by atoms with Crippen LogP contribution >= 0.6 is 11.8 Å². The van der Waals surface area contributed by atoms with Crippen LogP contribution < -0.4 is 0 Å². The number of H-pyrrole nitrogens is 1. The molecule has 1 amide bonds. The van der Waals surface area contributed by atoms with Crippen LogP contribution in [0.4, 0.5) is 0 Å². The van der Waals surface area contributed by atoms with Gasteiger partial charge in [0.2, 0.25) is 5.82 Å². The van der Waals surface area contributed by atoms with Gasteiger partial charge in [0.05, 0.1) is 0 Å². The first-order valence-corrected chi connectivity index (χ1v) is 6.74. The summed E-state index contributed by atoms with van der Waals surface area (Å²) in [7, 11) is 1.77. The fourth-order valence-corrected chi connectivity index (χ4v) is 1.70. The van der Waals surface area contributed by atoms with E-state index < -0.39 is 0 Å². The molecule has 0 spiro atoms. The Morgan fingerprint density at radius 3 is 2.94 bits per heavy atom. The number of nitrogens with one attached hydrogen (secondary N) is 1. The molecule has 6 heteroatoms. The molecule has 0 aliphatic heterocycles. The molecule has 0 aromatic carbocycles. The van der Waals surface area contributed by atoms with Crippen molar-refractivity contribution < 1.29 is 4.79 Å². The molecular formula is C10H18N4OS. The van der Waals surface area contributed by atoms with Crippen LogP contribution in [-0.4, -0.2) is 51.6 Å². The highest BCUT2D eigenvalue weighted by Gasteiger charge is 2.16. The lowest BCUT2D eigenvalue weighted by molar-refractivity contribution is 0.0792. The van der Waals surface area contributed by atoms with E-state index in [4.69, 9.17) is 0 Å². The van der Waals surface area contributed by atoms with Gasteiger partial charge in [0, 0.05) is 25.8 Å². The average Bonchev–Trinajstić information content (AvgIpc) is 2.74. The summed E-state index contributed by atoms with van der Waals surface area (Å²) in [6.07, 6.45) is 3.84. The van der Waals surface area contributed by atoms with E-state index in [2.05, 4.69) is 22.1 Å². The maximum Gasteiger partial charge on any atom is 0.293 e. The van der Waals surface area contributed by atoms with Crippen molar-refractivity contribution in [1.29, 1.82) is 0 Å². The molecule has 0 bridgehead atoms. The van der Waals surface area contributed by atoms with Crippen LogP contribution in [0.25, 0.3) is 0 Å². The van der Waals surface area contributed by atoms with Crippen LogP contribution in [0, 0.1) is 0 Å². The monoisotopic (exact) mass is 242 g/mol. The molecule has 0 aliphatic carbocycles. The average molecular weight is 242 g/mol. The quantitative estimate of drug-likeness (QED) is 0.814. The fourth-order valence-electron chi connectivity index (χ4n) is 1.24. The highest BCUT2D eigenvalue weighted by molar-refractivity contribution is 7.98. The first-order chi connectivity index (χ1) is 7.69.